The van der Waals surface area contributed by atoms with Crippen LogP contribution in [-0.4, -0.2) is 112 Å². The Labute approximate surface area is 622 Å². The second-order valence-corrected chi connectivity index (χ2v) is 36.3. The van der Waals surface area contributed by atoms with Crippen molar-refractivity contribution in [3.8, 4) is 17.7 Å². The van der Waals surface area contributed by atoms with Gasteiger partial charge in [-0.15, -0.1) is 17.1 Å². The molecule has 108 heavy (non-hydrogen) atoms. The van der Waals surface area contributed by atoms with E-state index >= 15 is 0 Å². The summed E-state index contributed by atoms with van der Waals surface area (Å²) in [6, 6.07) is 40.2. The first-order valence-corrected chi connectivity index (χ1v) is 41.2. The van der Waals surface area contributed by atoms with Gasteiger partial charge in [0, 0.05) is 90.1 Å². The number of amides is 3. The molecule has 0 atom stereocenters. The Morgan fingerprint density at radius 3 is 1.22 bits per heavy atom. The molecule has 0 aliphatic heterocycles. The van der Waals surface area contributed by atoms with Gasteiger partial charge in [0.15, 0.2) is 29.5 Å². The predicted molar refractivity (Wildman–Crippen MR) is 401 cm³/mol. The van der Waals surface area contributed by atoms with Gasteiger partial charge < -0.3 is 29.7 Å². The lowest BCUT2D eigenvalue weighted by molar-refractivity contribution is -0.114. The number of sulfone groups is 3. The summed E-state index contributed by atoms with van der Waals surface area (Å²) >= 11 is 3.37. The zero-order chi connectivity index (χ0) is 77.7. The number of carbonyl (C=O) groups is 3. The zero-order valence-electron chi connectivity index (χ0n) is 56.9. The lowest BCUT2D eigenvalue weighted by atomic mass is 10.2. The molecule has 0 fully saturated rings. The molecule has 552 valence electrons. The lowest BCUT2D eigenvalue weighted by Crippen LogP contribution is -2.23. The van der Waals surface area contributed by atoms with E-state index in [1.807, 2.05) is 12.1 Å². The van der Waals surface area contributed by atoms with Gasteiger partial charge in [-0.25, -0.2) is 71.2 Å². The van der Waals surface area contributed by atoms with E-state index in [0.29, 0.717) is 35.1 Å². The molecular formula is C73H60BrF6N15O9S3Si. The summed E-state index contributed by atoms with van der Waals surface area (Å²) in [4.78, 5) is 50.3. The van der Waals surface area contributed by atoms with Crippen LogP contribution in [-0.2, 0) is 63.5 Å². The topological polar surface area (TPSA) is 323 Å². The average Bonchev–Trinajstić information content (AvgIpc) is 1.62. The molecule has 0 saturated carbocycles. The van der Waals surface area contributed by atoms with Gasteiger partial charge in [-0.3, -0.25) is 14.4 Å². The minimum atomic E-state index is -4.32. The first kappa shape index (κ1) is 78.5. The summed E-state index contributed by atoms with van der Waals surface area (Å²) in [5.41, 5.74) is 14.6. The first-order valence-electron chi connectivity index (χ1n) is 31.9. The summed E-state index contributed by atoms with van der Waals surface area (Å²) < 4.78 is 172. The summed E-state index contributed by atoms with van der Waals surface area (Å²) in [7, 11) is -14.0. The van der Waals surface area contributed by atoms with E-state index in [1.54, 1.807) is 108 Å². The summed E-state index contributed by atoms with van der Waals surface area (Å²) in [5, 5.41) is 17.5. The number of aromatic nitrogens is 9. The number of terminal acetylenes is 1. The molecule has 24 nitrogen and oxygen atoms in total. The second-order valence-electron chi connectivity index (χ2n) is 24.7. The van der Waals surface area contributed by atoms with Crippen molar-refractivity contribution in [2.75, 3.05) is 33.2 Å². The number of pyridine rings is 3. The Hall–Kier alpha value is -12.1. The van der Waals surface area contributed by atoms with Crippen LogP contribution >= 0.6 is 15.9 Å². The Kier molecular flexibility index (Phi) is 24.7. The van der Waals surface area contributed by atoms with Crippen molar-refractivity contribution in [3.63, 3.8) is 0 Å². The average molecular weight is 1610 g/mol. The standard InChI is InChI=1S/C24H18F2N6O3S.C22H16BrF2N3O3S.C22H16F2N6O3S.C5H10Si/c25-17-11-19(26)24-20(12-17)31(13-16-4-3-5-18(10-16)32-9-8-28-30-32)14-21(24)36(34,35)15-23(33)29-22-6-1-2-7-27-22;23-15-5-3-4-14(8-15)11-28-12-19(22-17(25)9-16(24)10-18(22)28)32(30,31)13-21(29)27-20-6-1-2-7-26-20;23-15-9-17(24)22-18(10-15)30(11-14-4-3-5-16(8-14)28-29-25)12-19(22)34(32,33)13-21(31)27-20-6-1-2-7-26-20;1-5-6(2,3)4/h1-12,14H,13,15H2,(H,27,29,33);1-10,12H,11,13H2,(H,26,27,29);1-10,12H,11,13H2,(H,26,27,31);1H,2-4H3. The smallest absolute Gasteiger partial charge is 0.241 e. The summed E-state index contributed by atoms with van der Waals surface area (Å²) in [6.45, 7) is 6.75. The van der Waals surface area contributed by atoms with Gasteiger partial charge >= 0.3 is 0 Å². The Morgan fingerprint density at radius 1 is 0.509 bits per heavy atom. The van der Waals surface area contributed by atoms with Crippen LogP contribution in [0.1, 0.15) is 16.7 Å². The first-order chi connectivity index (χ1) is 51.3. The van der Waals surface area contributed by atoms with Gasteiger partial charge in [0.05, 0.1) is 65.5 Å². The second kappa shape index (κ2) is 34.0. The normalized spacial score (nSPS) is 11.4. The molecule has 3 N–H and O–H groups in total. The quantitative estimate of drug-likeness (QED) is 0.0160. The minimum Gasteiger partial charge on any atom is -0.342 e. The monoisotopic (exact) mass is 1610 g/mol. The Bertz CT molecular complexity index is 5990. The zero-order valence-corrected chi connectivity index (χ0v) is 62.0. The van der Waals surface area contributed by atoms with Crippen LogP contribution in [0.15, 0.2) is 238 Å². The molecule has 13 aromatic rings. The molecule has 0 spiro atoms. The summed E-state index contributed by atoms with van der Waals surface area (Å²) in [5.74, 6) is -10.5. The Morgan fingerprint density at radius 2 is 0.880 bits per heavy atom. The number of benzene rings is 6. The van der Waals surface area contributed by atoms with Crippen molar-refractivity contribution in [1.82, 2.24) is 43.6 Å². The maximum Gasteiger partial charge on any atom is 0.241 e. The number of nitrogens with one attached hydrogen (secondary N) is 3. The molecule has 0 bridgehead atoms. The SMILES string of the molecule is C#C[Si](C)(C)C.O=C(CS(=O)(=O)c1cn(Cc2cccc(-n3ccnn3)c2)c2cc(F)cc(F)c12)Nc1ccccn1.O=C(CS(=O)(=O)c1cn(Cc2cccc(Br)c2)c2cc(F)cc(F)c12)Nc1ccccn1.[N-]=[N+]=Nc1cccc(Cn2cc(S(=O)(=O)CC(=O)Nc3ccccn3)c3c(F)cc(F)cc32)c1. The van der Waals surface area contributed by atoms with Gasteiger partial charge in [-0.1, -0.05) is 107 Å². The van der Waals surface area contributed by atoms with Gasteiger partial charge in [-0.2, -0.15) is 0 Å². The molecule has 0 aliphatic carbocycles. The number of nitrogens with zero attached hydrogens (tertiary/aromatic N) is 12. The van der Waals surface area contributed by atoms with E-state index in [2.05, 4.69) is 92.4 Å². The van der Waals surface area contributed by atoms with Crippen LogP contribution in [0.2, 0.25) is 19.6 Å². The fraction of sp³-hybridized carbons (Fsp3) is 0.123. The number of hydrogen-bond donors (Lipinski definition) is 3. The van der Waals surface area contributed by atoms with Crippen LogP contribution in [0, 0.1) is 46.9 Å². The Balaban J connectivity index is 0.000000166. The summed E-state index contributed by atoms with van der Waals surface area (Å²) in [6.07, 6.45) is 16.2. The molecule has 3 amide bonds. The number of anilines is 3. The van der Waals surface area contributed by atoms with Gasteiger partial charge in [0.25, 0.3) is 0 Å². The number of azide groups is 1. The highest BCUT2D eigenvalue weighted by Crippen LogP contribution is 2.35. The van der Waals surface area contributed by atoms with E-state index in [0.717, 1.165) is 40.0 Å². The van der Waals surface area contributed by atoms with Crippen molar-refractivity contribution >= 4 is 127 Å². The van der Waals surface area contributed by atoms with Crippen LogP contribution in [0.25, 0.3) is 48.8 Å². The van der Waals surface area contributed by atoms with Crippen molar-refractivity contribution in [3.05, 3.63) is 280 Å². The number of rotatable bonds is 20. The molecular weight excluding hydrogens is 1550 g/mol. The van der Waals surface area contributed by atoms with Crippen LogP contribution < -0.4 is 16.0 Å². The molecule has 7 heterocycles. The van der Waals surface area contributed by atoms with E-state index in [-0.39, 0.29) is 74.7 Å². The van der Waals surface area contributed by atoms with E-state index in [4.69, 9.17) is 12.0 Å². The number of hydrogen-bond acceptors (Lipinski definition) is 15. The molecule has 6 aromatic carbocycles. The number of halogens is 7. The molecule has 35 heteroatoms. The van der Waals surface area contributed by atoms with Crippen molar-refractivity contribution in [2.24, 2.45) is 5.11 Å². The van der Waals surface area contributed by atoms with E-state index in [1.165, 1.54) is 69.1 Å². The molecule has 13 rings (SSSR count). The van der Waals surface area contributed by atoms with E-state index < -0.39 is 117 Å². The fourth-order valence-electron chi connectivity index (χ4n) is 10.8. The van der Waals surface area contributed by atoms with Crippen molar-refractivity contribution in [1.29, 1.82) is 0 Å². The number of carbonyl (C=O) groups excluding carboxylic acids is 3. The molecule has 0 aliphatic rings. The maximum atomic E-state index is 14.9. The highest BCUT2D eigenvalue weighted by molar-refractivity contribution is 9.10. The van der Waals surface area contributed by atoms with Crippen molar-refractivity contribution in [2.45, 2.75) is 54.0 Å². The lowest BCUT2D eigenvalue weighted by Gasteiger charge is -2.08. The predicted octanol–water partition coefficient (Wildman–Crippen LogP) is 14.1. The molecule has 0 saturated heterocycles. The highest BCUT2D eigenvalue weighted by atomic mass is 79.9. The third-order valence-corrected chi connectivity index (χ3v) is 21.6. The highest BCUT2D eigenvalue weighted by Gasteiger charge is 2.31. The largest absolute Gasteiger partial charge is 0.342 e. The molecule has 7 aromatic heterocycles. The van der Waals surface area contributed by atoms with Gasteiger partial charge in [-0.05, 0) is 107 Å². The molecule has 0 unspecified atom stereocenters. The number of fused-ring (bicyclic) bond motifs is 3. The van der Waals surface area contributed by atoms with Gasteiger partial charge in [0.1, 0.15) is 77.7 Å². The third-order valence-electron chi connectivity index (χ3n) is 15.4. The minimum absolute atomic E-state index is 0.00426. The fourth-order valence-corrected chi connectivity index (χ4v) is 15.3. The van der Waals surface area contributed by atoms with Gasteiger partial charge in [0.2, 0.25) is 17.7 Å². The maximum absolute atomic E-state index is 14.9. The molecule has 0 radical (unpaired) electrons. The van der Waals surface area contributed by atoms with Crippen molar-refractivity contribution < 1.29 is 66.0 Å². The van der Waals surface area contributed by atoms with Crippen LogP contribution in [0.3, 0.4) is 0 Å². The third kappa shape index (κ3) is 20.3. The van der Waals surface area contributed by atoms with Crippen LogP contribution in [0.5, 0.6) is 0 Å². The van der Waals surface area contributed by atoms with Crippen LogP contribution in [0.4, 0.5) is 49.5 Å². The van der Waals surface area contributed by atoms with E-state index in [9.17, 15) is 66.0 Å².